The lowest BCUT2D eigenvalue weighted by molar-refractivity contribution is -0.137. The molecule has 25 heavy (non-hydrogen) atoms. The molecule has 0 aliphatic carbocycles. The number of aliphatic carboxylic acids is 1. The fraction of sp³-hybridized carbons (Fsp3) is 0.375. The first-order valence-corrected chi connectivity index (χ1v) is 7.60. The average Bonchev–Trinajstić information content (AvgIpc) is 3.20. The summed E-state index contributed by atoms with van der Waals surface area (Å²) in [5, 5.41) is 12.9. The highest BCUT2D eigenvalue weighted by molar-refractivity contribution is 5.67. The van der Waals surface area contributed by atoms with Crippen LogP contribution in [0.5, 0.6) is 11.5 Å². The number of alkyl halides is 2. The van der Waals surface area contributed by atoms with Gasteiger partial charge in [-0.3, -0.25) is 9.48 Å². The molecule has 3 rings (SSSR count). The van der Waals surface area contributed by atoms with Gasteiger partial charge in [0.1, 0.15) is 12.6 Å². The van der Waals surface area contributed by atoms with E-state index < -0.39 is 12.6 Å². The first-order valence-electron chi connectivity index (χ1n) is 7.60. The Morgan fingerprint density at radius 2 is 2.24 bits per heavy atom. The van der Waals surface area contributed by atoms with Crippen LogP contribution in [0.15, 0.2) is 30.5 Å². The van der Waals surface area contributed by atoms with Crippen LogP contribution in [0.1, 0.15) is 6.42 Å². The minimum Gasteiger partial charge on any atom is -0.484 e. The molecule has 0 saturated carbocycles. The molecule has 0 unspecified atom stereocenters. The van der Waals surface area contributed by atoms with Crippen molar-refractivity contribution in [3.05, 3.63) is 30.5 Å². The van der Waals surface area contributed by atoms with Gasteiger partial charge in [0, 0.05) is 18.2 Å². The van der Waals surface area contributed by atoms with Gasteiger partial charge < -0.3 is 19.3 Å². The number of halogens is 2. The maximum Gasteiger partial charge on any atom is 0.387 e. The minimum atomic E-state index is -2.97. The molecule has 2 aromatic rings. The highest BCUT2D eigenvalue weighted by atomic mass is 19.3. The Hall–Kier alpha value is -2.68. The van der Waals surface area contributed by atoms with Gasteiger partial charge in [0.25, 0.3) is 0 Å². The number of carboxylic acid groups (broad SMARTS) is 1. The maximum absolute atomic E-state index is 12.6. The van der Waals surface area contributed by atoms with Crippen molar-refractivity contribution in [2.24, 2.45) is 0 Å². The second-order valence-corrected chi connectivity index (χ2v) is 5.44. The normalized spacial score (nSPS) is 17.0. The number of rotatable bonds is 7. The van der Waals surface area contributed by atoms with Crippen molar-refractivity contribution in [2.45, 2.75) is 25.7 Å². The summed E-state index contributed by atoms with van der Waals surface area (Å²) in [6.45, 7) is -2.31. The first kappa shape index (κ1) is 17.2. The average molecular weight is 354 g/mol. The summed E-state index contributed by atoms with van der Waals surface area (Å²) < 4.78 is 41.9. The van der Waals surface area contributed by atoms with Gasteiger partial charge in [-0.2, -0.15) is 13.9 Å². The smallest absolute Gasteiger partial charge is 0.387 e. The molecule has 1 aromatic carbocycles. The van der Waals surface area contributed by atoms with Crippen molar-refractivity contribution in [2.75, 3.05) is 13.2 Å². The quantitative estimate of drug-likeness (QED) is 0.822. The van der Waals surface area contributed by atoms with Crippen LogP contribution in [-0.4, -0.2) is 46.8 Å². The zero-order valence-corrected chi connectivity index (χ0v) is 13.1. The van der Waals surface area contributed by atoms with E-state index in [2.05, 4.69) is 9.84 Å². The van der Waals surface area contributed by atoms with E-state index in [4.69, 9.17) is 14.6 Å². The molecule has 9 heteroatoms. The summed E-state index contributed by atoms with van der Waals surface area (Å²) in [5.74, 6) is -0.919. The molecule has 7 nitrogen and oxygen atoms in total. The molecule has 1 aliphatic rings. The summed E-state index contributed by atoms with van der Waals surface area (Å²) in [6.07, 6.45) is 1.95. The first-order chi connectivity index (χ1) is 12.0. The van der Waals surface area contributed by atoms with E-state index in [1.165, 1.54) is 16.9 Å². The van der Waals surface area contributed by atoms with E-state index in [1.54, 1.807) is 18.2 Å². The van der Waals surface area contributed by atoms with E-state index in [-0.39, 0.29) is 24.1 Å². The Morgan fingerprint density at radius 3 is 2.92 bits per heavy atom. The highest BCUT2D eigenvalue weighted by Gasteiger charge is 2.21. The standard InChI is InChI=1S/C16H16F2N2O5/c17-16(18)25-13-2-1-10(7-14(13)24-11-4-6-23-9-11)12-3-5-20(19-12)8-15(21)22/h1-3,5,7,11,16H,4,6,8-9H2,(H,21,22)/t11-/m1/s1. The third kappa shape index (κ3) is 4.44. The van der Waals surface area contributed by atoms with Gasteiger partial charge >= 0.3 is 12.6 Å². The predicted octanol–water partition coefficient (Wildman–Crippen LogP) is 2.40. The Bertz CT molecular complexity index is 744. The lowest BCUT2D eigenvalue weighted by Crippen LogP contribution is -2.17. The van der Waals surface area contributed by atoms with Crippen LogP contribution in [-0.2, 0) is 16.1 Å². The predicted molar refractivity (Wildman–Crippen MR) is 81.8 cm³/mol. The zero-order chi connectivity index (χ0) is 17.8. The number of benzene rings is 1. The molecular formula is C16H16F2N2O5. The van der Waals surface area contributed by atoms with Gasteiger partial charge in [-0.25, -0.2) is 0 Å². The summed E-state index contributed by atoms with van der Waals surface area (Å²) >= 11 is 0. The van der Waals surface area contributed by atoms with Crippen LogP contribution < -0.4 is 9.47 Å². The van der Waals surface area contributed by atoms with Crippen molar-refractivity contribution >= 4 is 5.97 Å². The van der Waals surface area contributed by atoms with Crippen molar-refractivity contribution < 1.29 is 32.9 Å². The number of carbonyl (C=O) groups is 1. The highest BCUT2D eigenvalue weighted by Crippen LogP contribution is 2.34. The van der Waals surface area contributed by atoms with E-state index in [0.717, 1.165) is 0 Å². The number of hydrogen-bond donors (Lipinski definition) is 1. The van der Waals surface area contributed by atoms with Gasteiger partial charge in [-0.15, -0.1) is 0 Å². The van der Waals surface area contributed by atoms with E-state index in [1.807, 2.05) is 0 Å². The molecule has 1 N–H and O–H groups in total. The Balaban J connectivity index is 1.86. The van der Waals surface area contributed by atoms with Gasteiger partial charge in [-0.05, 0) is 24.3 Å². The third-order valence-electron chi connectivity index (χ3n) is 3.57. The molecule has 1 aliphatic heterocycles. The SMILES string of the molecule is O=C(O)Cn1ccc(-c2ccc(OC(F)F)c(O[C@@H]3CCOC3)c2)n1. The molecule has 0 spiro atoms. The van der Waals surface area contributed by atoms with E-state index >= 15 is 0 Å². The monoisotopic (exact) mass is 354 g/mol. The third-order valence-corrected chi connectivity index (χ3v) is 3.57. The molecule has 0 amide bonds. The van der Waals surface area contributed by atoms with Crippen LogP contribution >= 0.6 is 0 Å². The van der Waals surface area contributed by atoms with Crippen molar-refractivity contribution in [3.8, 4) is 22.8 Å². The number of carboxylic acids is 1. The van der Waals surface area contributed by atoms with Gasteiger partial charge in [0.15, 0.2) is 11.5 Å². The van der Waals surface area contributed by atoms with Crippen LogP contribution in [0.4, 0.5) is 8.78 Å². The van der Waals surface area contributed by atoms with Gasteiger partial charge in [-0.1, -0.05) is 0 Å². The summed E-state index contributed by atoms with van der Waals surface area (Å²) in [5.41, 5.74) is 1.09. The Kier molecular flexibility index (Phi) is 5.13. The van der Waals surface area contributed by atoms with Gasteiger partial charge in [0.05, 0.1) is 18.9 Å². The number of aromatic nitrogens is 2. The topological polar surface area (TPSA) is 82.8 Å². The van der Waals surface area contributed by atoms with Crippen molar-refractivity contribution in [1.82, 2.24) is 9.78 Å². The fourth-order valence-electron chi connectivity index (χ4n) is 2.48. The Morgan fingerprint density at radius 1 is 1.40 bits per heavy atom. The molecule has 1 aromatic heterocycles. The molecule has 1 saturated heterocycles. The van der Waals surface area contributed by atoms with E-state index in [0.29, 0.717) is 30.9 Å². The van der Waals surface area contributed by atoms with Crippen molar-refractivity contribution in [3.63, 3.8) is 0 Å². The molecule has 1 atom stereocenters. The Labute approximate surface area is 141 Å². The second kappa shape index (κ2) is 7.47. The van der Waals surface area contributed by atoms with Gasteiger partial charge in [0.2, 0.25) is 0 Å². The molecule has 0 radical (unpaired) electrons. The van der Waals surface area contributed by atoms with Crippen LogP contribution in [0.3, 0.4) is 0 Å². The molecule has 0 bridgehead atoms. The molecule has 2 heterocycles. The molecule has 134 valence electrons. The lowest BCUT2D eigenvalue weighted by Gasteiger charge is -2.16. The van der Waals surface area contributed by atoms with E-state index in [9.17, 15) is 13.6 Å². The minimum absolute atomic E-state index is 0.0735. The second-order valence-electron chi connectivity index (χ2n) is 5.44. The van der Waals surface area contributed by atoms with Crippen LogP contribution in [0.2, 0.25) is 0 Å². The van der Waals surface area contributed by atoms with Crippen molar-refractivity contribution in [1.29, 1.82) is 0 Å². The lowest BCUT2D eigenvalue weighted by atomic mass is 10.1. The summed E-state index contributed by atoms with van der Waals surface area (Å²) in [7, 11) is 0. The largest absolute Gasteiger partial charge is 0.484 e. The summed E-state index contributed by atoms with van der Waals surface area (Å²) in [6, 6.07) is 6.11. The van der Waals surface area contributed by atoms with Crippen LogP contribution in [0.25, 0.3) is 11.3 Å². The van der Waals surface area contributed by atoms with Crippen LogP contribution in [0, 0.1) is 0 Å². The fourth-order valence-corrected chi connectivity index (χ4v) is 2.48. The maximum atomic E-state index is 12.6. The summed E-state index contributed by atoms with van der Waals surface area (Å²) in [4.78, 5) is 10.7. The number of nitrogens with zero attached hydrogens (tertiary/aromatic N) is 2. The number of ether oxygens (including phenoxy) is 3. The zero-order valence-electron chi connectivity index (χ0n) is 13.1. The molecule has 1 fully saturated rings. The molecular weight excluding hydrogens is 338 g/mol. The number of hydrogen-bond acceptors (Lipinski definition) is 5.